The molecule has 3 rings (SSSR count). The highest BCUT2D eigenvalue weighted by atomic mass is 16.5. The molecule has 3 aromatic carbocycles. The van der Waals surface area contributed by atoms with Gasteiger partial charge < -0.3 is 14.2 Å². The van der Waals surface area contributed by atoms with Gasteiger partial charge >= 0.3 is 0 Å². The summed E-state index contributed by atoms with van der Waals surface area (Å²) in [6, 6.07) is 22.2. The molecule has 0 saturated heterocycles. The number of hydrogen-bond acceptors (Lipinski definition) is 3. The molecule has 0 radical (unpaired) electrons. The molecule has 3 aromatic rings. The molecule has 3 heteroatoms. The van der Waals surface area contributed by atoms with Crippen molar-refractivity contribution in [3.8, 4) is 39.5 Å². The molecule has 0 N–H and O–H groups in total. The minimum Gasteiger partial charge on any atom is -0.497 e. The first-order valence-electron chi connectivity index (χ1n) is 7.72. The van der Waals surface area contributed by atoms with Crippen molar-refractivity contribution in [2.24, 2.45) is 0 Å². The molecule has 0 spiro atoms. The minimum absolute atomic E-state index is 0.776. The molecule has 0 atom stereocenters. The molecule has 0 aliphatic heterocycles. The van der Waals surface area contributed by atoms with Gasteiger partial charge in [0.15, 0.2) is 0 Å². The Bertz CT molecular complexity index is 826. The van der Waals surface area contributed by atoms with Crippen LogP contribution in [-0.2, 0) is 0 Å². The van der Waals surface area contributed by atoms with Crippen LogP contribution in [0.4, 0.5) is 0 Å². The van der Waals surface area contributed by atoms with Crippen LogP contribution in [0.2, 0.25) is 0 Å². The van der Waals surface area contributed by atoms with Gasteiger partial charge in [-0.2, -0.15) is 0 Å². The van der Waals surface area contributed by atoms with Crippen LogP contribution in [0.1, 0.15) is 0 Å². The Morgan fingerprint density at radius 3 is 1.79 bits per heavy atom. The molecule has 122 valence electrons. The average Bonchev–Trinajstić information content (AvgIpc) is 2.67. The van der Waals surface area contributed by atoms with Gasteiger partial charge in [-0.05, 0) is 41.5 Å². The van der Waals surface area contributed by atoms with E-state index in [1.54, 1.807) is 21.3 Å². The maximum Gasteiger partial charge on any atom is 0.127 e. The molecule has 3 nitrogen and oxygen atoms in total. The summed E-state index contributed by atoms with van der Waals surface area (Å²) in [6.07, 6.45) is 0. The second-order valence-electron chi connectivity index (χ2n) is 5.35. The second kappa shape index (κ2) is 7.09. The van der Waals surface area contributed by atoms with Crippen molar-refractivity contribution in [2.45, 2.75) is 0 Å². The van der Waals surface area contributed by atoms with Gasteiger partial charge in [-0.15, -0.1) is 0 Å². The summed E-state index contributed by atoms with van der Waals surface area (Å²) in [5.74, 6) is 2.35. The lowest BCUT2D eigenvalue weighted by molar-refractivity contribution is 0.402. The predicted molar refractivity (Wildman–Crippen MR) is 97.0 cm³/mol. The third-order valence-corrected chi connectivity index (χ3v) is 4.00. The van der Waals surface area contributed by atoms with Gasteiger partial charge in [0.05, 0.1) is 21.3 Å². The average molecular weight is 320 g/mol. The zero-order valence-electron chi connectivity index (χ0n) is 14.1. The lowest BCUT2D eigenvalue weighted by atomic mass is 9.97. The molecular weight excluding hydrogens is 300 g/mol. The summed E-state index contributed by atoms with van der Waals surface area (Å²) < 4.78 is 16.5. The third kappa shape index (κ3) is 3.06. The Labute approximate surface area is 142 Å². The fourth-order valence-electron chi connectivity index (χ4n) is 2.75. The Kier molecular flexibility index (Phi) is 4.71. The Balaban J connectivity index is 2.19. The molecule has 24 heavy (non-hydrogen) atoms. The molecule has 0 aliphatic rings. The fourth-order valence-corrected chi connectivity index (χ4v) is 2.75. The fraction of sp³-hybridized carbons (Fsp3) is 0.143. The first-order chi connectivity index (χ1) is 11.8. The van der Waals surface area contributed by atoms with E-state index in [1.807, 2.05) is 42.5 Å². The van der Waals surface area contributed by atoms with E-state index in [1.165, 1.54) is 0 Å². The van der Waals surface area contributed by atoms with Gasteiger partial charge in [0, 0.05) is 11.1 Å². The van der Waals surface area contributed by atoms with Crippen molar-refractivity contribution in [1.29, 1.82) is 0 Å². The first-order valence-corrected chi connectivity index (χ1v) is 7.72. The molecular formula is C21H20O3. The van der Waals surface area contributed by atoms with Gasteiger partial charge in [-0.25, -0.2) is 0 Å². The second-order valence-corrected chi connectivity index (χ2v) is 5.35. The summed E-state index contributed by atoms with van der Waals surface area (Å²) in [6.45, 7) is 0. The zero-order chi connectivity index (χ0) is 16.9. The molecule has 0 amide bonds. The van der Waals surface area contributed by atoms with Crippen LogP contribution < -0.4 is 14.2 Å². The van der Waals surface area contributed by atoms with Crippen LogP contribution in [0.25, 0.3) is 22.3 Å². The van der Waals surface area contributed by atoms with Crippen molar-refractivity contribution in [1.82, 2.24) is 0 Å². The number of ether oxygens (including phenoxy) is 3. The van der Waals surface area contributed by atoms with Crippen molar-refractivity contribution in [3.63, 3.8) is 0 Å². The molecule has 0 saturated carbocycles. The summed E-state index contributed by atoms with van der Waals surface area (Å²) in [4.78, 5) is 0. The minimum atomic E-state index is 0.776. The lowest BCUT2D eigenvalue weighted by Gasteiger charge is -2.15. The maximum absolute atomic E-state index is 5.57. The van der Waals surface area contributed by atoms with Gasteiger partial charge in [0.1, 0.15) is 17.2 Å². The van der Waals surface area contributed by atoms with E-state index < -0.39 is 0 Å². The van der Waals surface area contributed by atoms with E-state index in [0.717, 1.165) is 39.5 Å². The van der Waals surface area contributed by atoms with E-state index in [-0.39, 0.29) is 0 Å². The molecule has 0 fully saturated rings. The number of rotatable bonds is 5. The Morgan fingerprint density at radius 2 is 1.17 bits per heavy atom. The van der Waals surface area contributed by atoms with Crippen molar-refractivity contribution in [3.05, 3.63) is 66.7 Å². The van der Waals surface area contributed by atoms with E-state index in [0.29, 0.717) is 0 Å². The van der Waals surface area contributed by atoms with Crippen molar-refractivity contribution < 1.29 is 14.2 Å². The van der Waals surface area contributed by atoms with Gasteiger partial charge in [0.25, 0.3) is 0 Å². The Morgan fingerprint density at radius 1 is 0.542 bits per heavy atom. The van der Waals surface area contributed by atoms with Crippen LogP contribution in [0, 0.1) is 0 Å². The van der Waals surface area contributed by atoms with E-state index in [4.69, 9.17) is 14.2 Å². The van der Waals surface area contributed by atoms with E-state index in [2.05, 4.69) is 24.3 Å². The highest BCUT2D eigenvalue weighted by Crippen LogP contribution is 2.40. The monoisotopic (exact) mass is 320 g/mol. The molecule has 0 heterocycles. The van der Waals surface area contributed by atoms with Crippen LogP contribution in [-0.4, -0.2) is 21.3 Å². The van der Waals surface area contributed by atoms with Gasteiger partial charge in [-0.1, -0.05) is 36.4 Å². The zero-order valence-corrected chi connectivity index (χ0v) is 14.1. The normalized spacial score (nSPS) is 10.3. The molecule has 0 bridgehead atoms. The van der Waals surface area contributed by atoms with Gasteiger partial charge in [0.2, 0.25) is 0 Å². The SMILES string of the molecule is COc1ccc(OC)c(-c2cc(-c3ccccc3)ccc2OC)c1. The lowest BCUT2D eigenvalue weighted by Crippen LogP contribution is -1.94. The number of benzene rings is 3. The number of methoxy groups -OCH3 is 3. The topological polar surface area (TPSA) is 27.7 Å². The predicted octanol–water partition coefficient (Wildman–Crippen LogP) is 5.05. The van der Waals surface area contributed by atoms with Crippen molar-refractivity contribution in [2.75, 3.05) is 21.3 Å². The van der Waals surface area contributed by atoms with E-state index in [9.17, 15) is 0 Å². The summed E-state index contributed by atoms with van der Waals surface area (Å²) in [5.41, 5.74) is 4.18. The van der Waals surface area contributed by atoms with Crippen LogP contribution in [0.15, 0.2) is 66.7 Å². The van der Waals surface area contributed by atoms with Crippen LogP contribution >= 0.6 is 0 Å². The Hall–Kier alpha value is -2.94. The smallest absolute Gasteiger partial charge is 0.127 e. The standard InChI is InChI=1S/C21H20O3/c1-22-17-10-12-21(24-3)19(14-17)18-13-16(9-11-20(18)23-2)15-7-5-4-6-8-15/h4-14H,1-3H3. The largest absolute Gasteiger partial charge is 0.497 e. The third-order valence-electron chi connectivity index (χ3n) is 4.00. The van der Waals surface area contributed by atoms with Crippen LogP contribution in [0.5, 0.6) is 17.2 Å². The quantitative estimate of drug-likeness (QED) is 0.658. The highest BCUT2D eigenvalue weighted by Gasteiger charge is 2.14. The van der Waals surface area contributed by atoms with E-state index >= 15 is 0 Å². The van der Waals surface area contributed by atoms with Gasteiger partial charge in [-0.3, -0.25) is 0 Å². The summed E-state index contributed by atoms with van der Waals surface area (Å²) >= 11 is 0. The van der Waals surface area contributed by atoms with Crippen molar-refractivity contribution >= 4 is 0 Å². The van der Waals surface area contributed by atoms with Crippen LogP contribution in [0.3, 0.4) is 0 Å². The molecule has 0 aromatic heterocycles. The highest BCUT2D eigenvalue weighted by molar-refractivity contribution is 5.81. The molecule has 0 unspecified atom stereocenters. The molecule has 0 aliphatic carbocycles. The number of hydrogen-bond donors (Lipinski definition) is 0. The first kappa shape index (κ1) is 15.9. The summed E-state index contributed by atoms with van der Waals surface area (Å²) in [5, 5.41) is 0. The summed E-state index contributed by atoms with van der Waals surface area (Å²) in [7, 11) is 5.00. The maximum atomic E-state index is 5.57.